The Labute approximate surface area is 162 Å². The molecule has 7 heteroatoms. The van der Waals surface area contributed by atoms with Crippen molar-refractivity contribution < 1.29 is 23.1 Å². The van der Waals surface area contributed by atoms with Gasteiger partial charge in [0.05, 0.1) is 0 Å². The van der Waals surface area contributed by atoms with E-state index in [0.717, 1.165) is 17.7 Å². The molecule has 1 aliphatic rings. The maximum atomic E-state index is 13.4. The first kappa shape index (κ1) is 19.8. The van der Waals surface area contributed by atoms with E-state index in [-0.39, 0.29) is 17.4 Å². The summed E-state index contributed by atoms with van der Waals surface area (Å²) in [4.78, 5) is 28.2. The van der Waals surface area contributed by atoms with Crippen LogP contribution in [0.15, 0.2) is 42.5 Å². The highest BCUT2D eigenvalue weighted by atomic mass is 19.2. The highest BCUT2D eigenvalue weighted by Gasteiger charge is 2.28. The molecular weight excluding hydrogens is 366 g/mol. The van der Waals surface area contributed by atoms with Crippen LogP contribution in [0.1, 0.15) is 22.8 Å². The van der Waals surface area contributed by atoms with Gasteiger partial charge in [0.1, 0.15) is 5.75 Å². The molecule has 1 unspecified atom stereocenters. The van der Waals surface area contributed by atoms with Gasteiger partial charge < -0.3 is 14.5 Å². The predicted molar refractivity (Wildman–Crippen MR) is 100 cm³/mol. The number of hydrogen-bond acceptors (Lipinski definition) is 3. The number of piperazine rings is 1. The molecule has 0 bridgehead atoms. The first-order valence-electron chi connectivity index (χ1n) is 9.11. The van der Waals surface area contributed by atoms with Crippen molar-refractivity contribution in [2.24, 2.45) is 0 Å². The minimum absolute atomic E-state index is 0.0924. The van der Waals surface area contributed by atoms with Crippen LogP contribution in [0.3, 0.4) is 0 Å². The van der Waals surface area contributed by atoms with E-state index < -0.39 is 17.7 Å². The van der Waals surface area contributed by atoms with Crippen LogP contribution in [-0.4, -0.2) is 53.9 Å². The van der Waals surface area contributed by atoms with Gasteiger partial charge in [0.15, 0.2) is 17.7 Å². The van der Waals surface area contributed by atoms with Crippen LogP contribution in [0.2, 0.25) is 0 Å². The summed E-state index contributed by atoms with van der Waals surface area (Å²) in [6.45, 7) is 5.02. The van der Waals surface area contributed by atoms with Gasteiger partial charge in [0.2, 0.25) is 0 Å². The summed E-state index contributed by atoms with van der Waals surface area (Å²) in [7, 11) is 0. The number of hydrogen-bond donors (Lipinski definition) is 0. The van der Waals surface area contributed by atoms with Crippen LogP contribution in [0.25, 0.3) is 0 Å². The highest BCUT2D eigenvalue weighted by Crippen LogP contribution is 2.16. The van der Waals surface area contributed by atoms with Gasteiger partial charge >= 0.3 is 0 Å². The van der Waals surface area contributed by atoms with E-state index in [1.165, 1.54) is 11.0 Å². The van der Waals surface area contributed by atoms with E-state index in [4.69, 9.17) is 4.74 Å². The molecule has 1 heterocycles. The lowest BCUT2D eigenvalue weighted by Crippen LogP contribution is -2.53. The summed E-state index contributed by atoms with van der Waals surface area (Å²) in [6.07, 6.45) is -0.642. The Kier molecular flexibility index (Phi) is 5.92. The first-order valence-corrected chi connectivity index (χ1v) is 9.11. The first-order chi connectivity index (χ1) is 13.3. The number of aryl methyl sites for hydroxylation is 1. The molecule has 2 amide bonds. The SMILES string of the molecule is Cc1ccc(OC(C)C(=O)N2CCN(C(=O)c3ccc(F)c(F)c3)CC2)cc1. The lowest BCUT2D eigenvalue weighted by Gasteiger charge is -2.36. The fourth-order valence-electron chi connectivity index (χ4n) is 3.07. The van der Waals surface area contributed by atoms with Crippen molar-refractivity contribution in [3.8, 4) is 5.75 Å². The van der Waals surface area contributed by atoms with Crippen molar-refractivity contribution in [3.05, 3.63) is 65.2 Å². The molecule has 0 radical (unpaired) electrons. The lowest BCUT2D eigenvalue weighted by atomic mass is 10.1. The zero-order valence-corrected chi connectivity index (χ0v) is 15.8. The van der Waals surface area contributed by atoms with Crippen molar-refractivity contribution >= 4 is 11.8 Å². The standard InChI is InChI=1S/C21H22F2N2O3/c1-14-3-6-17(7-4-14)28-15(2)20(26)24-9-11-25(12-10-24)21(27)16-5-8-18(22)19(23)13-16/h3-8,13,15H,9-12H2,1-2H3. The second kappa shape index (κ2) is 8.37. The molecule has 0 aromatic heterocycles. The molecule has 0 saturated carbocycles. The molecule has 0 aliphatic carbocycles. The molecule has 1 fully saturated rings. The second-order valence-electron chi connectivity index (χ2n) is 6.82. The number of carbonyl (C=O) groups excluding carboxylic acids is 2. The molecule has 3 rings (SSSR count). The largest absolute Gasteiger partial charge is 0.481 e. The summed E-state index contributed by atoms with van der Waals surface area (Å²) < 4.78 is 32.1. The molecule has 1 saturated heterocycles. The van der Waals surface area contributed by atoms with Gasteiger partial charge in [-0.05, 0) is 44.2 Å². The normalized spacial score (nSPS) is 15.3. The van der Waals surface area contributed by atoms with Gasteiger partial charge in [-0.3, -0.25) is 9.59 Å². The van der Waals surface area contributed by atoms with E-state index in [9.17, 15) is 18.4 Å². The van der Waals surface area contributed by atoms with E-state index >= 15 is 0 Å². The fraction of sp³-hybridized carbons (Fsp3) is 0.333. The van der Waals surface area contributed by atoms with Gasteiger partial charge in [0, 0.05) is 31.7 Å². The third-order valence-electron chi connectivity index (χ3n) is 4.73. The average Bonchev–Trinajstić information content (AvgIpc) is 2.70. The van der Waals surface area contributed by atoms with Crippen molar-refractivity contribution in [1.29, 1.82) is 0 Å². The number of carbonyl (C=O) groups is 2. The van der Waals surface area contributed by atoms with Crippen LogP contribution < -0.4 is 4.74 Å². The molecule has 0 spiro atoms. The lowest BCUT2D eigenvalue weighted by molar-refractivity contribution is -0.139. The minimum atomic E-state index is -1.05. The van der Waals surface area contributed by atoms with Crippen LogP contribution >= 0.6 is 0 Å². The van der Waals surface area contributed by atoms with Crippen molar-refractivity contribution in [2.75, 3.05) is 26.2 Å². The Bertz CT molecular complexity index is 862. The van der Waals surface area contributed by atoms with Crippen LogP contribution in [0.5, 0.6) is 5.75 Å². The molecule has 1 aliphatic heterocycles. The maximum Gasteiger partial charge on any atom is 0.263 e. The number of rotatable bonds is 4. The molecule has 2 aromatic carbocycles. The summed E-state index contributed by atoms with van der Waals surface area (Å²) in [5.74, 6) is -1.95. The molecule has 28 heavy (non-hydrogen) atoms. The number of amides is 2. The fourth-order valence-corrected chi connectivity index (χ4v) is 3.07. The highest BCUT2D eigenvalue weighted by molar-refractivity contribution is 5.94. The number of ether oxygens (including phenoxy) is 1. The zero-order chi connectivity index (χ0) is 20.3. The van der Waals surface area contributed by atoms with Crippen LogP contribution in [0.4, 0.5) is 8.78 Å². The van der Waals surface area contributed by atoms with Crippen molar-refractivity contribution in [2.45, 2.75) is 20.0 Å². The third-order valence-corrected chi connectivity index (χ3v) is 4.73. The van der Waals surface area contributed by atoms with Gasteiger partial charge in [-0.25, -0.2) is 8.78 Å². The Morgan fingerprint density at radius 1 is 0.929 bits per heavy atom. The summed E-state index contributed by atoms with van der Waals surface area (Å²) in [5, 5.41) is 0. The Balaban J connectivity index is 1.55. The van der Waals surface area contributed by atoms with Crippen molar-refractivity contribution in [1.82, 2.24) is 9.80 Å². The number of benzene rings is 2. The maximum absolute atomic E-state index is 13.4. The molecular formula is C21H22F2N2O3. The van der Waals surface area contributed by atoms with E-state index in [0.29, 0.717) is 31.9 Å². The second-order valence-corrected chi connectivity index (χ2v) is 6.82. The van der Waals surface area contributed by atoms with Gasteiger partial charge in [-0.2, -0.15) is 0 Å². The van der Waals surface area contributed by atoms with E-state index in [1.54, 1.807) is 11.8 Å². The monoisotopic (exact) mass is 388 g/mol. The topological polar surface area (TPSA) is 49.9 Å². The quantitative estimate of drug-likeness (QED) is 0.809. The molecule has 5 nitrogen and oxygen atoms in total. The van der Waals surface area contributed by atoms with E-state index in [1.807, 2.05) is 31.2 Å². The van der Waals surface area contributed by atoms with Gasteiger partial charge in [0.25, 0.3) is 11.8 Å². The van der Waals surface area contributed by atoms with E-state index in [2.05, 4.69) is 0 Å². The van der Waals surface area contributed by atoms with Gasteiger partial charge in [-0.15, -0.1) is 0 Å². The summed E-state index contributed by atoms with van der Waals surface area (Å²) >= 11 is 0. The van der Waals surface area contributed by atoms with Crippen LogP contribution in [0, 0.1) is 18.6 Å². The van der Waals surface area contributed by atoms with Gasteiger partial charge in [-0.1, -0.05) is 17.7 Å². The predicted octanol–water partition coefficient (Wildman–Crippen LogP) is 3.03. The third kappa shape index (κ3) is 4.47. The van der Waals surface area contributed by atoms with Crippen molar-refractivity contribution in [3.63, 3.8) is 0 Å². The number of nitrogens with zero attached hydrogens (tertiary/aromatic N) is 2. The molecule has 2 aromatic rings. The number of halogens is 2. The Morgan fingerprint density at radius 3 is 2.14 bits per heavy atom. The smallest absolute Gasteiger partial charge is 0.263 e. The molecule has 0 N–H and O–H groups in total. The Hall–Kier alpha value is -2.96. The Morgan fingerprint density at radius 2 is 1.54 bits per heavy atom. The molecule has 1 atom stereocenters. The van der Waals surface area contributed by atoms with Crippen LogP contribution in [-0.2, 0) is 4.79 Å². The zero-order valence-electron chi connectivity index (χ0n) is 15.8. The molecule has 148 valence electrons. The average molecular weight is 388 g/mol. The minimum Gasteiger partial charge on any atom is -0.481 e. The summed E-state index contributed by atoms with van der Waals surface area (Å²) in [6, 6.07) is 10.5. The summed E-state index contributed by atoms with van der Waals surface area (Å²) in [5.41, 5.74) is 1.20.